The summed E-state index contributed by atoms with van der Waals surface area (Å²) in [5, 5.41) is 3.70. The molecule has 0 unspecified atom stereocenters. The maximum absolute atomic E-state index is 11.7. The molecule has 1 heterocycles. The van der Waals surface area contributed by atoms with E-state index in [-0.39, 0.29) is 10.7 Å². The lowest BCUT2D eigenvalue weighted by atomic mass is 10.2. The van der Waals surface area contributed by atoms with E-state index < -0.39 is 9.84 Å². The first-order valence-electron chi connectivity index (χ1n) is 6.79. The molecule has 1 aromatic rings. The van der Waals surface area contributed by atoms with Gasteiger partial charge in [-0.05, 0) is 31.4 Å². The minimum absolute atomic E-state index is 0.0872. The molecule has 0 aromatic carbocycles. The number of hydrogen-bond acceptors (Lipinski definition) is 7. The van der Waals surface area contributed by atoms with Gasteiger partial charge in [0.1, 0.15) is 9.90 Å². The van der Waals surface area contributed by atoms with Gasteiger partial charge in [0, 0.05) is 25.4 Å². The predicted molar refractivity (Wildman–Crippen MR) is 83.0 cm³/mol. The highest BCUT2D eigenvalue weighted by atomic mass is 32.2. The molecule has 114 valence electrons. The number of anilines is 2. The number of hydrogen-bond donors (Lipinski definition) is 2. The second-order valence-corrected chi connectivity index (χ2v) is 8.07. The van der Waals surface area contributed by atoms with E-state index in [1.165, 1.54) is 25.7 Å². The summed E-state index contributed by atoms with van der Waals surface area (Å²) in [7, 11) is -1.22. The van der Waals surface area contributed by atoms with Gasteiger partial charge in [0.2, 0.25) is 0 Å². The molecule has 0 amide bonds. The molecule has 1 saturated carbocycles. The van der Waals surface area contributed by atoms with E-state index in [1.807, 2.05) is 0 Å². The van der Waals surface area contributed by atoms with Crippen molar-refractivity contribution in [1.29, 1.82) is 0 Å². The van der Waals surface area contributed by atoms with E-state index in [2.05, 4.69) is 21.6 Å². The monoisotopic (exact) mass is 318 g/mol. The van der Waals surface area contributed by atoms with Gasteiger partial charge in [0.25, 0.3) is 0 Å². The highest BCUT2D eigenvalue weighted by Gasteiger charge is 2.22. The predicted octanol–water partition coefficient (Wildman–Crippen LogP) is 1.42. The first-order valence-corrected chi connectivity index (χ1v) is 9.45. The standard InChI is InChI=1S/C12H22N4O2S2/c1-16(9-5-3-4-6-9)8-7-14-12-10(20(2,17)18)11(13)15-19-12/h9,14H,3-8H2,1-2H3,(H2,13,15). The molecular formula is C12H22N4O2S2. The van der Waals surface area contributed by atoms with E-state index in [1.54, 1.807) is 0 Å². The summed E-state index contributed by atoms with van der Waals surface area (Å²) in [6.45, 7) is 1.57. The van der Waals surface area contributed by atoms with Crippen LogP contribution in [0.1, 0.15) is 25.7 Å². The Morgan fingerprint density at radius 2 is 2.10 bits per heavy atom. The van der Waals surface area contributed by atoms with Crippen molar-refractivity contribution in [3.63, 3.8) is 0 Å². The van der Waals surface area contributed by atoms with Crippen LogP contribution in [0.4, 0.5) is 10.8 Å². The van der Waals surface area contributed by atoms with Crippen LogP contribution in [0.15, 0.2) is 4.90 Å². The maximum Gasteiger partial charge on any atom is 0.182 e. The zero-order valence-corrected chi connectivity index (χ0v) is 13.6. The maximum atomic E-state index is 11.7. The van der Waals surface area contributed by atoms with Gasteiger partial charge in [-0.15, -0.1) is 0 Å². The molecule has 0 saturated heterocycles. The van der Waals surface area contributed by atoms with Crippen LogP contribution in [0.25, 0.3) is 0 Å². The number of sulfone groups is 1. The third kappa shape index (κ3) is 3.62. The molecule has 1 aromatic heterocycles. The van der Waals surface area contributed by atoms with Crippen molar-refractivity contribution in [3.05, 3.63) is 0 Å². The van der Waals surface area contributed by atoms with Crippen LogP contribution < -0.4 is 11.1 Å². The van der Waals surface area contributed by atoms with Crippen LogP contribution in [0, 0.1) is 0 Å². The summed E-state index contributed by atoms with van der Waals surface area (Å²) >= 11 is 1.10. The van der Waals surface area contributed by atoms with Crippen molar-refractivity contribution < 1.29 is 8.42 Å². The van der Waals surface area contributed by atoms with Crippen molar-refractivity contribution in [3.8, 4) is 0 Å². The molecular weight excluding hydrogens is 296 g/mol. The number of nitrogens with one attached hydrogen (secondary N) is 1. The molecule has 0 spiro atoms. The Hall–Kier alpha value is -0.860. The molecule has 3 N–H and O–H groups in total. The fraction of sp³-hybridized carbons (Fsp3) is 0.750. The van der Waals surface area contributed by atoms with Crippen molar-refractivity contribution in [2.24, 2.45) is 0 Å². The number of nitrogen functional groups attached to an aromatic ring is 1. The Labute approximate surface area is 124 Å². The van der Waals surface area contributed by atoms with Gasteiger partial charge in [-0.25, -0.2) is 8.42 Å². The van der Waals surface area contributed by atoms with E-state index in [4.69, 9.17) is 5.73 Å². The van der Waals surface area contributed by atoms with Gasteiger partial charge < -0.3 is 16.0 Å². The summed E-state index contributed by atoms with van der Waals surface area (Å²) < 4.78 is 27.3. The topological polar surface area (TPSA) is 88.3 Å². The SMILES string of the molecule is CN(CCNc1snc(N)c1S(C)(=O)=O)C1CCCC1. The van der Waals surface area contributed by atoms with Crippen LogP contribution in [0.5, 0.6) is 0 Å². The first kappa shape index (κ1) is 15.5. The van der Waals surface area contributed by atoms with Gasteiger partial charge in [0.05, 0.1) is 0 Å². The molecule has 1 fully saturated rings. The fourth-order valence-corrected chi connectivity index (χ4v) is 4.73. The van der Waals surface area contributed by atoms with E-state index in [0.29, 0.717) is 17.6 Å². The van der Waals surface area contributed by atoms with Crippen molar-refractivity contribution in [1.82, 2.24) is 9.27 Å². The lowest BCUT2D eigenvalue weighted by molar-refractivity contribution is 0.254. The van der Waals surface area contributed by atoms with Gasteiger partial charge >= 0.3 is 0 Å². The number of likely N-dealkylation sites (N-methyl/N-ethyl adjacent to an activating group) is 1. The van der Waals surface area contributed by atoms with Crippen LogP contribution >= 0.6 is 11.5 Å². The average molecular weight is 318 g/mol. The highest BCUT2D eigenvalue weighted by Crippen LogP contribution is 2.31. The van der Waals surface area contributed by atoms with E-state index >= 15 is 0 Å². The molecule has 6 nitrogen and oxygen atoms in total. The summed E-state index contributed by atoms with van der Waals surface area (Å²) in [4.78, 5) is 2.47. The minimum atomic E-state index is -3.34. The fourth-order valence-electron chi connectivity index (χ4n) is 2.64. The van der Waals surface area contributed by atoms with Gasteiger partial charge in [0.15, 0.2) is 15.7 Å². The summed E-state index contributed by atoms with van der Waals surface area (Å²) in [5.74, 6) is 0.0872. The molecule has 8 heteroatoms. The number of nitrogens with zero attached hydrogens (tertiary/aromatic N) is 2. The Balaban J connectivity index is 1.91. The quantitative estimate of drug-likeness (QED) is 0.824. The largest absolute Gasteiger partial charge is 0.382 e. The normalized spacial score (nSPS) is 16.9. The van der Waals surface area contributed by atoms with E-state index in [0.717, 1.165) is 24.3 Å². The first-order chi connectivity index (χ1) is 9.39. The van der Waals surface area contributed by atoms with Crippen molar-refractivity contribution in [2.45, 2.75) is 36.6 Å². The van der Waals surface area contributed by atoms with Crippen LogP contribution in [-0.2, 0) is 9.84 Å². The molecule has 0 bridgehead atoms. The molecule has 0 radical (unpaired) electrons. The van der Waals surface area contributed by atoms with Gasteiger partial charge in [-0.2, -0.15) is 4.37 Å². The van der Waals surface area contributed by atoms with Crippen LogP contribution in [0.3, 0.4) is 0 Å². The second kappa shape index (κ2) is 6.28. The lowest BCUT2D eigenvalue weighted by Crippen LogP contribution is -2.33. The summed E-state index contributed by atoms with van der Waals surface area (Å²) in [5.41, 5.74) is 5.63. The second-order valence-electron chi connectivity index (χ2n) is 5.34. The lowest BCUT2D eigenvalue weighted by Gasteiger charge is -2.24. The minimum Gasteiger partial charge on any atom is -0.382 e. The number of nitrogens with two attached hydrogens (primary N) is 1. The Kier molecular flexibility index (Phi) is 4.87. The van der Waals surface area contributed by atoms with Crippen LogP contribution in [-0.4, -0.2) is 50.1 Å². The van der Waals surface area contributed by atoms with Crippen molar-refractivity contribution >= 4 is 32.2 Å². The third-order valence-electron chi connectivity index (χ3n) is 3.74. The summed E-state index contributed by atoms with van der Waals surface area (Å²) in [6.07, 6.45) is 6.30. The van der Waals surface area contributed by atoms with E-state index in [9.17, 15) is 8.42 Å². The number of rotatable bonds is 6. The average Bonchev–Trinajstić information content (AvgIpc) is 2.97. The smallest absolute Gasteiger partial charge is 0.182 e. The molecule has 0 aliphatic heterocycles. The molecule has 1 aliphatic carbocycles. The number of aromatic nitrogens is 1. The molecule has 0 atom stereocenters. The van der Waals surface area contributed by atoms with Crippen molar-refractivity contribution in [2.75, 3.05) is 37.4 Å². The van der Waals surface area contributed by atoms with Gasteiger partial charge in [-0.3, -0.25) is 0 Å². The summed E-state index contributed by atoms with van der Waals surface area (Å²) in [6, 6.07) is 0.665. The zero-order chi connectivity index (χ0) is 14.8. The Morgan fingerprint density at radius 1 is 1.45 bits per heavy atom. The molecule has 2 rings (SSSR count). The Bertz CT molecular complexity index is 550. The molecule has 1 aliphatic rings. The molecule has 20 heavy (non-hydrogen) atoms. The highest BCUT2D eigenvalue weighted by molar-refractivity contribution is 7.91. The zero-order valence-electron chi connectivity index (χ0n) is 11.9. The van der Waals surface area contributed by atoms with Gasteiger partial charge in [-0.1, -0.05) is 12.8 Å². The van der Waals surface area contributed by atoms with Crippen LogP contribution in [0.2, 0.25) is 0 Å². The Morgan fingerprint density at radius 3 is 2.70 bits per heavy atom. The third-order valence-corrected chi connectivity index (χ3v) is 5.85.